The van der Waals surface area contributed by atoms with Gasteiger partial charge in [0.25, 0.3) is 0 Å². The zero-order valence-corrected chi connectivity index (χ0v) is 18.2. The van der Waals surface area contributed by atoms with Crippen LogP contribution >= 0.6 is 0 Å². The Balaban J connectivity index is 1.51. The third kappa shape index (κ3) is 5.00. The molecule has 158 valence electrons. The van der Waals surface area contributed by atoms with Gasteiger partial charge in [0.15, 0.2) is 0 Å². The van der Waals surface area contributed by atoms with Gasteiger partial charge in [-0.3, -0.25) is 0 Å². The number of aromatic nitrogens is 2. The molecule has 0 saturated carbocycles. The first-order valence-electron chi connectivity index (χ1n) is 11.8. The van der Waals surface area contributed by atoms with E-state index in [4.69, 9.17) is 9.97 Å². The Morgan fingerprint density at radius 1 is 1.00 bits per heavy atom. The summed E-state index contributed by atoms with van der Waals surface area (Å²) in [7, 11) is 0. The van der Waals surface area contributed by atoms with Gasteiger partial charge in [0, 0.05) is 44.2 Å². The lowest BCUT2D eigenvalue weighted by Crippen LogP contribution is -2.31. The highest BCUT2D eigenvalue weighted by Crippen LogP contribution is 2.28. The molecule has 2 aromatic rings. The number of nitrogens with zero attached hydrogens (tertiary/aromatic N) is 4. The van der Waals surface area contributed by atoms with E-state index >= 15 is 0 Å². The first-order chi connectivity index (χ1) is 14.3. The summed E-state index contributed by atoms with van der Waals surface area (Å²) in [6, 6.07) is 8.93. The fourth-order valence-corrected chi connectivity index (χ4v) is 4.86. The Bertz CT molecular complexity index is 780. The summed E-state index contributed by atoms with van der Waals surface area (Å²) in [5.41, 5.74) is 1.05. The van der Waals surface area contributed by atoms with Crippen LogP contribution in [0.5, 0.6) is 0 Å². The molecular weight excluding hydrogens is 358 g/mol. The van der Waals surface area contributed by atoms with Gasteiger partial charge < -0.3 is 15.1 Å². The van der Waals surface area contributed by atoms with E-state index in [0.29, 0.717) is 6.04 Å². The van der Waals surface area contributed by atoms with Crippen molar-refractivity contribution >= 4 is 22.7 Å². The lowest BCUT2D eigenvalue weighted by atomic mass is 10.0. The highest BCUT2D eigenvalue weighted by molar-refractivity contribution is 5.90. The topological polar surface area (TPSA) is 44.3 Å². The molecule has 0 spiro atoms. The molecule has 2 fully saturated rings. The van der Waals surface area contributed by atoms with Crippen LogP contribution in [0, 0.1) is 5.92 Å². The first kappa shape index (κ1) is 20.4. The van der Waals surface area contributed by atoms with E-state index in [-0.39, 0.29) is 0 Å². The highest BCUT2D eigenvalue weighted by Gasteiger charge is 2.25. The predicted octanol–water partition coefficient (Wildman–Crippen LogP) is 4.93. The normalized spacial score (nSPS) is 21.1. The monoisotopic (exact) mass is 395 g/mol. The van der Waals surface area contributed by atoms with Crippen LogP contribution in [0.25, 0.3) is 10.9 Å². The van der Waals surface area contributed by atoms with Crippen molar-refractivity contribution in [2.24, 2.45) is 5.92 Å². The zero-order valence-electron chi connectivity index (χ0n) is 18.2. The molecule has 29 heavy (non-hydrogen) atoms. The molecule has 3 heterocycles. The van der Waals surface area contributed by atoms with Gasteiger partial charge in [0.05, 0.1) is 5.52 Å². The molecule has 1 N–H and O–H groups in total. The Labute approximate surface area is 175 Å². The van der Waals surface area contributed by atoms with Crippen LogP contribution in [0.4, 0.5) is 11.8 Å². The fourth-order valence-electron chi connectivity index (χ4n) is 4.86. The number of hydrogen-bond donors (Lipinski definition) is 1. The maximum absolute atomic E-state index is 5.03. The molecule has 1 atom stereocenters. The zero-order chi connectivity index (χ0) is 20.1. The van der Waals surface area contributed by atoms with E-state index < -0.39 is 0 Å². The second-order valence-corrected chi connectivity index (χ2v) is 8.86. The average molecular weight is 396 g/mol. The summed E-state index contributed by atoms with van der Waals surface area (Å²) >= 11 is 0. The molecule has 5 nitrogen and oxygen atoms in total. The van der Waals surface area contributed by atoms with Gasteiger partial charge >= 0.3 is 0 Å². The minimum atomic E-state index is 0.447. The van der Waals surface area contributed by atoms with Crippen molar-refractivity contribution in [1.82, 2.24) is 14.9 Å². The Morgan fingerprint density at radius 2 is 1.76 bits per heavy atom. The molecule has 5 heteroatoms. The molecule has 0 aliphatic carbocycles. The second-order valence-electron chi connectivity index (χ2n) is 8.86. The summed E-state index contributed by atoms with van der Waals surface area (Å²) in [4.78, 5) is 15.0. The number of hydrogen-bond acceptors (Lipinski definition) is 5. The van der Waals surface area contributed by atoms with Gasteiger partial charge in [0.1, 0.15) is 5.82 Å². The van der Waals surface area contributed by atoms with E-state index in [0.717, 1.165) is 42.8 Å². The molecular formula is C24H37N5. The molecule has 1 unspecified atom stereocenters. The van der Waals surface area contributed by atoms with Crippen LogP contribution in [0.2, 0.25) is 0 Å². The molecule has 2 aliphatic heterocycles. The quantitative estimate of drug-likeness (QED) is 0.720. The van der Waals surface area contributed by atoms with Gasteiger partial charge in [0.2, 0.25) is 5.95 Å². The number of anilines is 2. The number of benzene rings is 1. The van der Waals surface area contributed by atoms with E-state index in [1.165, 1.54) is 63.4 Å². The second kappa shape index (κ2) is 9.75. The minimum Gasteiger partial charge on any atom is -0.356 e. The number of nitrogens with one attached hydrogen (secondary N) is 1. The molecule has 0 amide bonds. The molecule has 1 aromatic carbocycles. The van der Waals surface area contributed by atoms with Crippen LogP contribution in [-0.4, -0.2) is 53.6 Å². The van der Waals surface area contributed by atoms with E-state index in [1.807, 2.05) is 0 Å². The van der Waals surface area contributed by atoms with Crippen molar-refractivity contribution in [1.29, 1.82) is 0 Å². The maximum Gasteiger partial charge on any atom is 0.225 e. The summed E-state index contributed by atoms with van der Waals surface area (Å²) in [6.07, 6.45) is 8.91. The van der Waals surface area contributed by atoms with E-state index in [1.54, 1.807) is 0 Å². The summed E-state index contributed by atoms with van der Waals surface area (Å²) in [5.74, 6) is 2.74. The summed E-state index contributed by atoms with van der Waals surface area (Å²) in [5, 5.41) is 4.86. The standard InChI is InChI=1S/C24H37N5/c1-3-19(4-2)17-28-16-13-20(18-28)25-24-26-22-12-8-7-11-21(22)23(27-24)29-14-9-5-6-10-15-29/h7-8,11-12,19-20H,3-6,9-10,13-18H2,1-2H3,(H,25,26,27). The lowest BCUT2D eigenvalue weighted by molar-refractivity contribution is 0.267. The van der Waals surface area contributed by atoms with Crippen LogP contribution in [0.3, 0.4) is 0 Å². The van der Waals surface area contributed by atoms with Crippen LogP contribution in [0.1, 0.15) is 58.8 Å². The van der Waals surface area contributed by atoms with Gasteiger partial charge in [-0.05, 0) is 37.3 Å². The molecule has 2 saturated heterocycles. The van der Waals surface area contributed by atoms with Crippen LogP contribution in [0.15, 0.2) is 24.3 Å². The molecule has 0 radical (unpaired) electrons. The van der Waals surface area contributed by atoms with Gasteiger partial charge in [-0.2, -0.15) is 4.98 Å². The van der Waals surface area contributed by atoms with Gasteiger partial charge in [-0.15, -0.1) is 0 Å². The SMILES string of the molecule is CCC(CC)CN1CCC(Nc2nc(N3CCCCCC3)c3ccccc3n2)C1. The molecule has 4 rings (SSSR count). The van der Waals surface area contributed by atoms with E-state index in [9.17, 15) is 0 Å². The van der Waals surface area contributed by atoms with Crippen LogP contribution < -0.4 is 10.2 Å². The molecule has 0 bridgehead atoms. The largest absolute Gasteiger partial charge is 0.356 e. The van der Waals surface area contributed by atoms with Crippen molar-refractivity contribution in [3.8, 4) is 0 Å². The van der Waals surface area contributed by atoms with Gasteiger partial charge in [-0.1, -0.05) is 51.7 Å². The smallest absolute Gasteiger partial charge is 0.225 e. The van der Waals surface area contributed by atoms with Crippen molar-refractivity contribution < 1.29 is 0 Å². The Hall–Kier alpha value is -1.88. The minimum absolute atomic E-state index is 0.447. The number of likely N-dealkylation sites (tertiary alicyclic amines) is 1. The average Bonchev–Trinajstić information content (AvgIpc) is 3.01. The van der Waals surface area contributed by atoms with Crippen molar-refractivity contribution in [2.45, 2.75) is 64.8 Å². The van der Waals surface area contributed by atoms with Gasteiger partial charge in [-0.25, -0.2) is 4.98 Å². The summed E-state index contributed by atoms with van der Waals surface area (Å²) < 4.78 is 0. The third-order valence-electron chi connectivity index (χ3n) is 6.77. The van der Waals surface area contributed by atoms with Crippen molar-refractivity contribution in [3.05, 3.63) is 24.3 Å². The van der Waals surface area contributed by atoms with E-state index in [2.05, 4.69) is 53.2 Å². The van der Waals surface area contributed by atoms with Crippen LogP contribution in [-0.2, 0) is 0 Å². The number of rotatable bonds is 7. The number of fused-ring (bicyclic) bond motifs is 1. The molecule has 1 aromatic heterocycles. The maximum atomic E-state index is 5.03. The predicted molar refractivity (Wildman–Crippen MR) is 123 cm³/mol. The highest BCUT2D eigenvalue weighted by atomic mass is 15.3. The lowest BCUT2D eigenvalue weighted by Gasteiger charge is -2.24. The fraction of sp³-hybridized carbons (Fsp3) is 0.667. The molecule has 2 aliphatic rings. The summed E-state index contributed by atoms with van der Waals surface area (Å²) in [6.45, 7) is 10.3. The Kier molecular flexibility index (Phi) is 6.86. The van der Waals surface area contributed by atoms with Crippen molar-refractivity contribution in [2.75, 3.05) is 42.9 Å². The third-order valence-corrected chi connectivity index (χ3v) is 6.77. The first-order valence-corrected chi connectivity index (χ1v) is 11.8. The number of para-hydroxylation sites is 1. The van der Waals surface area contributed by atoms with Crippen molar-refractivity contribution in [3.63, 3.8) is 0 Å². The Morgan fingerprint density at radius 3 is 2.52 bits per heavy atom.